The molecular weight excluding hydrogens is 228 g/mol. The second kappa shape index (κ2) is 6.84. The van der Waals surface area contributed by atoms with Gasteiger partial charge in [-0.1, -0.05) is 32.1 Å². The van der Waals surface area contributed by atoms with Crippen molar-refractivity contribution in [2.75, 3.05) is 7.11 Å². The van der Waals surface area contributed by atoms with Gasteiger partial charge >= 0.3 is 5.97 Å². The third-order valence-electron chi connectivity index (χ3n) is 2.74. The number of carboxylic acids is 1. The van der Waals surface area contributed by atoms with Crippen molar-refractivity contribution in [3.63, 3.8) is 0 Å². The van der Waals surface area contributed by atoms with Gasteiger partial charge in [-0.15, -0.1) is 0 Å². The van der Waals surface area contributed by atoms with Gasteiger partial charge < -0.3 is 9.84 Å². The van der Waals surface area contributed by atoms with Crippen molar-refractivity contribution in [2.24, 2.45) is 0 Å². The standard InChI is InChI=1S/C15H20O3/c1-11(2)12-8-9-14(18-3)13(10-12)6-4-5-7-15(16)17/h4,6,8-11H,5,7H2,1-3H3,(H,16,17)/b6-4+. The molecule has 0 atom stereocenters. The van der Waals surface area contributed by atoms with Gasteiger partial charge in [-0.3, -0.25) is 4.79 Å². The molecule has 0 fully saturated rings. The first kappa shape index (κ1) is 14.3. The van der Waals surface area contributed by atoms with Crippen molar-refractivity contribution in [1.29, 1.82) is 0 Å². The third kappa shape index (κ3) is 4.24. The van der Waals surface area contributed by atoms with E-state index in [9.17, 15) is 4.79 Å². The Morgan fingerprint density at radius 2 is 2.17 bits per heavy atom. The summed E-state index contributed by atoms with van der Waals surface area (Å²) < 4.78 is 5.29. The van der Waals surface area contributed by atoms with Crippen LogP contribution < -0.4 is 4.74 Å². The maximum atomic E-state index is 10.4. The maximum Gasteiger partial charge on any atom is 0.303 e. The molecule has 0 radical (unpaired) electrons. The average molecular weight is 248 g/mol. The molecule has 0 heterocycles. The Kier molecular flexibility index (Phi) is 5.43. The lowest BCUT2D eigenvalue weighted by Crippen LogP contribution is -1.93. The number of methoxy groups -OCH3 is 1. The second-order valence-corrected chi connectivity index (χ2v) is 4.49. The molecule has 0 aliphatic heterocycles. The van der Waals surface area contributed by atoms with Crippen LogP contribution in [0.4, 0.5) is 0 Å². The highest BCUT2D eigenvalue weighted by Crippen LogP contribution is 2.25. The number of hydrogen-bond donors (Lipinski definition) is 1. The number of carboxylic acid groups (broad SMARTS) is 1. The molecule has 98 valence electrons. The predicted octanol–water partition coefficient (Wildman–Crippen LogP) is 3.70. The van der Waals surface area contributed by atoms with Crippen LogP contribution in [0.1, 0.15) is 43.7 Å². The van der Waals surface area contributed by atoms with E-state index in [1.807, 2.05) is 18.2 Å². The smallest absolute Gasteiger partial charge is 0.303 e. The monoisotopic (exact) mass is 248 g/mol. The SMILES string of the molecule is COc1ccc(C(C)C)cc1/C=C/CCC(=O)O. The Labute approximate surface area is 108 Å². The van der Waals surface area contributed by atoms with E-state index in [1.165, 1.54) is 5.56 Å². The number of aliphatic carboxylic acids is 1. The van der Waals surface area contributed by atoms with Crippen molar-refractivity contribution in [1.82, 2.24) is 0 Å². The van der Waals surface area contributed by atoms with Gasteiger partial charge in [0.25, 0.3) is 0 Å². The molecule has 0 spiro atoms. The molecule has 0 saturated heterocycles. The first-order valence-electron chi connectivity index (χ1n) is 6.11. The van der Waals surface area contributed by atoms with E-state index in [4.69, 9.17) is 9.84 Å². The largest absolute Gasteiger partial charge is 0.496 e. The van der Waals surface area contributed by atoms with Crippen LogP contribution in [0.15, 0.2) is 24.3 Å². The lowest BCUT2D eigenvalue weighted by atomic mass is 10.00. The molecule has 18 heavy (non-hydrogen) atoms. The van der Waals surface area contributed by atoms with Crippen LogP contribution in [0.3, 0.4) is 0 Å². The lowest BCUT2D eigenvalue weighted by molar-refractivity contribution is -0.136. The molecule has 0 aromatic heterocycles. The van der Waals surface area contributed by atoms with Gasteiger partial charge in [0.15, 0.2) is 0 Å². The Hall–Kier alpha value is -1.77. The lowest BCUT2D eigenvalue weighted by Gasteiger charge is -2.10. The molecule has 0 aliphatic rings. The minimum absolute atomic E-state index is 0.155. The van der Waals surface area contributed by atoms with Crippen LogP contribution in [-0.4, -0.2) is 18.2 Å². The number of rotatable bonds is 6. The zero-order valence-corrected chi connectivity index (χ0v) is 11.1. The van der Waals surface area contributed by atoms with E-state index in [1.54, 1.807) is 7.11 Å². The molecule has 0 amide bonds. The molecule has 1 N–H and O–H groups in total. The number of benzene rings is 1. The van der Waals surface area contributed by atoms with Crippen LogP contribution in [0.5, 0.6) is 5.75 Å². The Morgan fingerprint density at radius 1 is 1.44 bits per heavy atom. The number of hydrogen-bond acceptors (Lipinski definition) is 2. The van der Waals surface area contributed by atoms with Gasteiger partial charge in [-0.2, -0.15) is 0 Å². The van der Waals surface area contributed by atoms with E-state index in [2.05, 4.69) is 26.0 Å². The summed E-state index contributed by atoms with van der Waals surface area (Å²) in [4.78, 5) is 10.4. The van der Waals surface area contributed by atoms with Crippen LogP contribution in [0, 0.1) is 0 Å². The van der Waals surface area contributed by atoms with Gasteiger partial charge in [-0.05, 0) is 30.0 Å². The van der Waals surface area contributed by atoms with Crippen molar-refractivity contribution in [2.45, 2.75) is 32.6 Å². The van der Waals surface area contributed by atoms with Gasteiger partial charge in [-0.25, -0.2) is 0 Å². The van der Waals surface area contributed by atoms with Crippen molar-refractivity contribution in [3.8, 4) is 5.75 Å². The number of carbonyl (C=O) groups is 1. The van der Waals surface area contributed by atoms with Crippen molar-refractivity contribution in [3.05, 3.63) is 35.4 Å². The fourth-order valence-electron chi connectivity index (χ4n) is 1.66. The van der Waals surface area contributed by atoms with Crippen LogP contribution in [0.2, 0.25) is 0 Å². The molecular formula is C15H20O3. The van der Waals surface area contributed by atoms with E-state index >= 15 is 0 Å². The summed E-state index contributed by atoms with van der Waals surface area (Å²) in [5.41, 5.74) is 2.24. The van der Waals surface area contributed by atoms with Gasteiger partial charge in [0.05, 0.1) is 7.11 Å². The fraction of sp³-hybridized carbons (Fsp3) is 0.400. The highest BCUT2D eigenvalue weighted by Gasteiger charge is 2.04. The minimum Gasteiger partial charge on any atom is -0.496 e. The second-order valence-electron chi connectivity index (χ2n) is 4.49. The summed E-state index contributed by atoms with van der Waals surface area (Å²) in [7, 11) is 1.64. The van der Waals surface area contributed by atoms with Crippen molar-refractivity contribution >= 4 is 12.0 Å². The normalized spacial score (nSPS) is 11.1. The molecule has 0 aliphatic carbocycles. The first-order chi connectivity index (χ1) is 8.54. The van der Waals surface area contributed by atoms with E-state index in [-0.39, 0.29) is 6.42 Å². The third-order valence-corrected chi connectivity index (χ3v) is 2.74. The quantitative estimate of drug-likeness (QED) is 0.835. The summed E-state index contributed by atoms with van der Waals surface area (Å²) in [5.74, 6) is 0.496. The zero-order valence-electron chi connectivity index (χ0n) is 11.1. The Morgan fingerprint density at radius 3 is 2.72 bits per heavy atom. The van der Waals surface area contributed by atoms with E-state index in [0.29, 0.717) is 12.3 Å². The number of ether oxygens (including phenoxy) is 1. The Balaban J connectivity index is 2.84. The molecule has 3 heteroatoms. The summed E-state index contributed by atoms with van der Waals surface area (Å²) in [6.07, 6.45) is 4.48. The average Bonchev–Trinajstić information content (AvgIpc) is 2.34. The van der Waals surface area contributed by atoms with Crippen molar-refractivity contribution < 1.29 is 14.6 Å². The van der Waals surface area contributed by atoms with Crippen LogP contribution in [0.25, 0.3) is 6.08 Å². The Bertz CT molecular complexity index is 433. The molecule has 0 unspecified atom stereocenters. The molecule has 0 saturated carbocycles. The minimum atomic E-state index is -0.775. The molecule has 1 rings (SSSR count). The highest BCUT2D eigenvalue weighted by molar-refractivity contribution is 5.67. The van der Waals surface area contributed by atoms with Gasteiger partial charge in [0, 0.05) is 12.0 Å². The van der Waals surface area contributed by atoms with Crippen LogP contribution in [-0.2, 0) is 4.79 Å². The topological polar surface area (TPSA) is 46.5 Å². The van der Waals surface area contributed by atoms with Gasteiger partial charge in [0.1, 0.15) is 5.75 Å². The zero-order chi connectivity index (χ0) is 13.5. The van der Waals surface area contributed by atoms with Gasteiger partial charge in [0.2, 0.25) is 0 Å². The number of allylic oxidation sites excluding steroid dienone is 1. The molecule has 0 bridgehead atoms. The summed E-state index contributed by atoms with van der Waals surface area (Å²) in [5, 5.41) is 8.57. The molecule has 1 aromatic rings. The summed E-state index contributed by atoms with van der Waals surface area (Å²) >= 11 is 0. The maximum absolute atomic E-state index is 10.4. The van der Waals surface area contributed by atoms with E-state index < -0.39 is 5.97 Å². The summed E-state index contributed by atoms with van der Waals surface area (Å²) in [6, 6.07) is 6.09. The first-order valence-corrected chi connectivity index (χ1v) is 6.11. The van der Waals surface area contributed by atoms with E-state index in [0.717, 1.165) is 11.3 Å². The highest BCUT2D eigenvalue weighted by atomic mass is 16.5. The predicted molar refractivity (Wildman–Crippen MR) is 73.0 cm³/mol. The summed E-state index contributed by atoms with van der Waals surface area (Å²) in [6.45, 7) is 4.28. The van der Waals surface area contributed by atoms with Crippen LogP contribution >= 0.6 is 0 Å². The fourth-order valence-corrected chi connectivity index (χ4v) is 1.66. The molecule has 1 aromatic carbocycles. The molecule has 3 nitrogen and oxygen atoms in total.